The molecule has 2 rings (SSSR count). The minimum absolute atomic E-state index is 0.106. The van der Waals surface area contributed by atoms with E-state index in [2.05, 4.69) is 17.1 Å². The normalized spacial score (nSPS) is 24.4. The van der Waals surface area contributed by atoms with Gasteiger partial charge < -0.3 is 10.2 Å². The first-order chi connectivity index (χ1) is 9.52. The molecule has 0 saturated heterocycles. The van der Waals surface area contributed by atoms with Gasteiger partial charge in [0, 0.05) is 19.1 Å². The van der Waals surface area contributed by atoms with E-state index in [0.717, 1.165) is 17.2 Å². The lowest BCUT2D eigenvalue weighted by Crippen LogP contribution is -2.35. The van der Waals surface area contributed by atoms with Gasteiger partial charge in [-0.3, -0.25) is 0 Å². The second kappa shape index (κ2) is 6.57. The Kier molecular flexibility index (Phi) is 5.03. The standard InChI is InChI=1S/C17H27FN2/c1-12-5-8-15(9-6-12)20(4)17-10-7-14(11-16(17)18)13(2)19-3/h7,10-13,15,19H,5-6,8-9H2,1-4H3. The van der Waals surface area contributed by atoms with Gasteiger partial charge in [0.1, 0.15) is 5.82 Å². The monoisotopic (exact) mass is 278 g/mol. The van der Waals surface area contributed by atoms with Crippen molar-refractivity contribution < 1.29 is 4.39 Å². The highest BCUT2D eigenvalue weighted by atomic mass is 19.1. The maximum Gasteiger partial charge on any atom is 0.146 e. The predicted molar refractivity (Wildman–Crippen MR) is 83.7 cm³/mol. The van der Waals surface area contributed by atoms with Crippen molar-refractivity contribution in [3.05, 3.63) is 29.6 Å². The first-order valence-electron chi connectivity index (χ1n) is 7.72. The van der Waals surface area contributed by atoms with Crippen LogP contribution < -0.4 is 10.2 Å². The largest absolute Gasteiger partial charge is 0.369 e. The van der Waals surface area contributed by atoms with E-state index in [0.29, 0.717) is 6.04 Å². The summed E-state index contributed by atoms with van der Waals surface area (Å²) in [6, 6.07) is 6.28. The van der Waals surface area contributed by atoms with Crippen molar-refractivity contribution in [3.63, 3.8) is 0 Å². The summed E-state index contributed by atoms with van der Waals surface area (Å²) >= 11 is 0. The summed E-state index contributed by atoms with van der Waals surface area (Å²) in [7, 11) is 3.92. The average Bonchev–Trinajstić information content (AvgIpc) is 2.46. The average molecular weight is 278 g/mol. The van der Waals surface area contributed by atoms with Gasteiger partial charge in [-0.15, -0.1) is 0 Å². The Hall–Kier alpha value is -1.09. The Morgan fingerprint density at radius 3 is 2.45 bits per heavy atom. The molecular weight excluding hydrogens is 251 g/mol. The molecule has 0 spiro atoms. The Morgan fingerprint density at radius 1 is 1.25 bits per heavy atom. The van der Waals surface area contributed by atoms with Gasteiger partial charge in [-0.1, -0.05) is 13.0 Å². The molecule has 1 N–H and O–H groups in total. The van der Waals surface area contributed by atoms with Gasteiger partial charge in [0.2, 0.25) is 0 Å². The first kappa shape index (κ1) is 15.3. The van der Waals surface area contributed by atoms with E-state index < -0.39 is 0 Å². The third-order valence-electron chi connectivity index (χ3n) is 4.82. The molecule has 3 heteroatoms. The van der Waals surface area contributed by atoms with Crippen LogP contribution in [0.5, 0.6) is 0 Å². The SMILES string of the molecule is CNC(C)c1ccc(N(C)C2CCC(C)CC2)c(F)c1. The molecule has 1 fully saturated rings. The number of anilines is 1. The number of benzene rings is 1. The van der Waals surface area contributed by atoms with Crippen LogP contribution in [0, 0.1) is 11.7 Å². The molecule has 1 atom stereocenters. The molecule has 1 aliphatic rings. The number of hydrogen-bond donors (Lipinski definition) is 1. The molecule has 1 aromatic rings. The zero-order chi connectivity index (χ0) is 14.7. The van der Waals surface area contributed by atoms with Crippen molar-refractivity contribution in [2.24, 2.45) is 5.92 Å². The lowest BCUT2D eigenvalue weighted by molar-refractivity contribution is 0.339. The highest BCUT2D eigenvalue weighted by Gasteiger charge is 2.23. The van der Waals surface area contributed by atoms with Crippen LogP contribution >= 0.6 is 0 Å². The molecule has 0 amide bonds. The van der Waals surface area contributed by atoms with Gasteiger partial charge in [0.15, 0.2) is 0 Å². The fraction of sp³-hybridized carbons (Fsp3) is 0.647. The topological polar surface area (TPSA) is 15.3 Å². The summed E-state index contributed by atoms with van der Waals surface area (Å²) in [5.41, 5.74) is 1.73. The molecular formula is C17H27FN2. The molecule has 1 saturated carbocycles. The third-order valence-corrected chi connectivity index (χ3v) is 4.82. The number of hydrogen-bond acceptors (Lipinski definition) is 2. The van der Waals surface area contributed by atoms with E-state index in [9.17, 15) is 4.39 Å². The Morgan fingerprint density at radius 2 is 1.90 bits per heavy atom. The minimum atomic E-state index is -0.106. The Balaban J connectivity index is 2.12. The van der Waals surface area contributed by atoms with Crippen molar-refractivity contribution in [2.45, 2.75) is 51.6 Å². The summed E-state index contributed by atoms with van der Waals surface area (Å²) in [4.78, 5) is 2.13. The van der Waals surface area contributed by atoms with Crippen LogP contribution in [0.4, 0.5) is 10.1 Å². The molecule has 0 bridgehead atoms. The lowest BCUT2D eigenvalue weighted by Gasteiger charge is -2.35. The van der Waals surface area contributed by atoms with E-state index in [4.69, 9.17) is 0 Å². The van der Waals surface area contributed by atoms with Gasteiger partial charge in [0.25, 0.3) is 0 Å². The van der Waals surface area contributed by atoms with Crippen LogP contribution in [0.15, 0.2) is 18.2 Å². The maximum atomic E-state index is 14.4. The summed E-state index contributed by atoms with van der Waals surface area (Å²) in [6.45, 7) is 4.35. The molecule has 1 aromatic carbocycles. The first-order valence-corrected chi connectivity index (χ1v) is 7.72. The van der Waals surface area contributed by atoms with Crippen LogP contribution in [0.3, 0.4) is 0 Å². The second-order valence-corrected chi connectivity index (χ2v) is 6.25. The lowest BCUT2D eigenvalue weighted by atomic mass is 9.86. The van der Waals surface area contributed by atoms with Gasteiger partial charge in [-0.05, 0) is 63.3 Å². The quantitative estimate of drug-likeness (QED) is 0.891. The van der Waals surface area contributed by atoms with Crippen molar-refractivity contribution in [1.29, 1.82) is 0 Å². The van der Waals surface area contributed by atoms with Gasteiger partial charge in [0.05, 0.1) is 5.69 Å². The summed E-state index contributed by atoms with van der Waals surface area (Å²) in [5, 5.41) is 3.15. The molecule has 1 aliphatic carbocycles. The number of rotatable bonds is 4. The van der Waals surface area contributed by atoms with E-state index >= 15 is 0 Å². The summed E-state index contributed by atoms with van der Waals surface area (Å²) in [5.74, 6) is 0.717. The van der Waals surface area contributed by atoms with E-state index in [1.54, 1.807) is 6.07 Å². The second-order valence-electron chi connectivity index (χ2n) is 6.25. The maximum absolute atomic E-state index is 14.4. The fourth-order valence-electron chi connectivity index (χ4n) is 3.07. The van der Waals surface area contributed by atoms with Crippen LogP contribution in [0.25, 0.3) is 0 Å². The van der Waals surface area contributed by atoms with Crippen molar-refractivity contribution in [3.8, 4) is 0 Å². The number of halogens is 1. The molecule has 112 valence electrons. The third kappa shape index (κ3) is 3.32. The van der Waals surface area contributed by atoms with E-state index in [1.807, 2.05) is 33.2 Å². The molecule has 20 heavy (non-hydrogen) atoms. The highest BCUT2D eigenvalue weighted by molar-refractivity contribution is 5.50. The smallest absolute Gasteiger partial charge is 0.146 e. The van der Waals surface area contributed by atoms with Crippen LogP contribution in [0.2, 0.25) is 0 Å². The van der Waals surface area contributed by atoms with Crippen molar-refractivity contribution in [2.75, 3.05) is 19.0 Å². The van der Waals surface area contributed by atoms with Gasteiger partial charge in [-0.25, -0.2) is 4.39 Å². The van der Waals surface area contributed by atoms with Gasteiger partial charge in [-0.2, -0.15) is 0 Å². The molecule has 0 heterocycles. The summed E-state index contributed by atoms with van der Waals surface area (Å²) < 4.78 is 14.4. The highest BCUT2D eigenvalue weighted by Crippen LogP contribution is 2.31. The molecule has 0 radical (unpaired) electrons. The van der Waals surface area contributed by atoms with E-state index in [-0.39, 0.29) is 11.9 Å². The summed E-state index contributed by atoms with van der Waals surface area (Å²) in [6.07, 6.45) is 4.86. The zero-order valence-corrected chi connectivity index (χ0v) is 13.1. The van der Waals surface area contributed by atoms with E-state index in [1.165, 1.54) is 25.7 Å². The molecule has 1 unspecified atom stereocenters. The zero-order valence-electron chi connectivity index (χ0n) is 13.1. The van der Waals surface area contributed by atoms with Crippen molar-refractivity contribution in [1.82, 2.24) is 5.32 Å². The molecule has 0 aliphatic heterocycles. The van der Waals surface area contributed by atoms with Crippen LogP contribution in [0.1, 0.15) is 51.1 Å². The predicted octanol–water partition coefficient (Wildman–Crippen LogP) is 4.12. The minimum Gasteiger partial charge on any atom is -0.369 e. The van der Waals surface area contributed by atoms with Crippen LogP contribution in [-0.2, 0) is 0 Å². The fourth-order valence-corrected chi connectivity index (χ4v) is 3.07. The Bertz CT molecular complexity index is 439. The van der Waals surface area contributed by atoms with Gasteiger partial charge >= 0.3 is 0 Å². The molecule has 0 aromatic heterocycles. The van der Waals surface area contributed by atoms with Crippen molar-refractivity contribution >= 4 is 5.69 Å². The van der Waals surface area contributed by atoms with Crippen LogP contribution in [-0.4, -0.2) is 20.1 Å². The number of nitrogens with one attached hydrogen (secondary N) is 1. The Labute approximate surface area is 122 Å². The molecule has 2 nitrogen and oxygen atoms in total. The number of nitrogens with zero attached hydrogens (tertiary/aromatic N) is 1.